The number of amides is 3. The summed E-state index contributed by atoms with van der Waals surface area (Å²) >= 11 is 0. The molecule has 0 aliphatic heterocycles. The minimum absolute atomic E-state index is 0.0628. The number of esters is 1. The first kappa shape index (κ1) is 19.7. The summed E-state index contributed by atoms with van der Waals surface area (Å²) in [4.78, 5) is 36.2. The first-order chi connectivity index (χ1) is 13.4. The molecule has 1 aliphatic rings. The Balaban J connectivity index is 1.48. The molecule has 1 aromatic carbocycles. The lowest BCUT2D eigenvalue weighted by molar-refractivity contribution is -0.153. The summed E-state index contributed by atoms with van der Waals surface area (Å²) in [5.74, 6) is -1.23. The summed E-state index contributed by atoms with van der Waals surface area (Å²) in [6.45, 7) is 1.41. The highest BCUT2D eigenvalue weighted by atomic mass is 16.5. The van der Waals surface area contributed by atoms with E-state index in [1.807, 2.05) is 0 Å². The largest absolute Gasteiger partial charge is 0.508 e. The van der Waals surface area contributed by atoms with Gasteiger partial charge in [0.2, 0.25) is 0 Å². The van der Waals surface area contributed by atoms with Gasteiger partial charge < -0.3 is 19.6 Å². The fourth-order valence-corrected chi connectivity index (χ4v) is 3.34. The number of urea groups is 1. The summed E-state index contributed by atoms with van der Waals surface area (Å²) in [6.07, 6.45) is 5.32. The van der Waals surface area contributed by atoms with Crippen LogP contribution in [0.2, 0.25) is 0 Å². The highest BCUT2D eigenvalue weighted by Crippen LogP contribution is 2.25. The Morgan fingerprint density at radius 1 is 1.25 bits per heavy atom. The van der Waals surface area contributed by atoms with Gasteiger partial charge in [0.25, 0.3) is 5.91 Å². The van der Waals surface area contributed by atoms with E-state index in [2.05, 4.69) is 10.6 Å². The van der Waals surface area contributed by atoms with Crippen LogP contribution in [0.3, 0.4) is 0 Å². The molecule has 1 aromatic heterocycles. The lowest BCUT2D eigenvalue weighted by atomic mass is 9.96. The van der Waals surface area contributed by atoms with Gasteiger partial charge in [-0.05, 0) is 31.9 Å². The van der Waals surface area contributed by atoms with Gasteiger partial charge in [-0.25, -0.2) is 4.79 Å². The van der Waals surface area contributed by atoms with Crippen LogP contribution in [0.1, 0.15) is 44.6 Å². The number of phenols is 1. The minimum Gasteiger partial charge on any atom is -0.508 e. The van der Waals surface area contributed by atoms with Gasteiger partial charge >= 0.3 is 12.0 Å². The van der Waals surface area contributed by atoms with E-state index in [4.69, 9.17) is 9.15 Å². The molecule has 3 rings (SSSR count). The second-order valence-electron chi connectivity index (χ2n) is 7.05. The summed E-state index contributed by atoms with van der Waals surface area (Å²) in [5.41, 5.74) is 1.04. The Bertz CT molecular complexity index is 869. The standard InChI is InChI=1S/C20H24N2O6/c1-12(19(25)22-20(26)21-14-5-3-2-4-6-14)28-18(24)9-13-11-27-17-10-15(23)7-8-16(13)17/h7-8,10-12,14,23H,2-6,9H2,1H3,(H2,21,22,25,26)/t12-/m0/s1. The third kappa shape index (κ3) is 5.03. The number of fused-ring (bicyclic) bond motifs is 1. The van der Waals surface area contributed by atoms with Crippen LogP contribution in [0, 0.1) is 0 Å². The number of nitrogens with one attached hydrogen (secondary N) is 2. The third-order valence-corrected chi connectivity index (χ3v) is 4.83. The average Bonchev–Trinajstić information content (AvgIpc) is 3.03. The highest BCUT2D eigenvalue weighted by Gasteiger charge is 2.23. The molecule has 2 aromatic rings. The van der Waals surface area contributed by atoms with Gasteiger partial charge in [0.15, 0.2) is 6.10 Å². The molecule has 3 N–H and O–H groups in total. The molecule has 1 atom stereocenters. The van der Waals surface area contributed by atoms with Crippen molar-refractivity contribution in [2.75, 3.05) is 0 Å². The number of hydrogen-bond donors (Lipinski definition) is 3. The number of hydrogen-bond acceptors (Lipinski definition) is 6. The normalized spacial score (nSPS) is 15.8. The lowest BCUT2D eigenvalue weighted by Crippen LogP contribution is -2.48. The molecule has 8 heteroatoms. The fourth-order valence-electron chi connectivity index (χ4n) is 3.34. The first-order valence-electron chi connectivity index (χ1n) is 9.42. The van der Waals surface area contributed by atoms with Crippen molar-refractivity contribution < 1.29 is 28.6 Å². The summed E-state index contributed by atoms with van der Waals surface area (Å²) in [5, 5.41) is 15.1. The second-order valence-corrected chi connectivity index (χ2v) is 7.05. The lowest BCUT2D eigenvalue weighted by Gasteiger charge is -2.23. The van der Waals surface area contributed by atoms with Crippen LogP contribution in [0.4, 0.5) is 4.79 Å². The Labute approximate surface area is 162 Å². The van der Waals surface area contributed by atoms with Crippen LogP contribution in [0.5, 0.6) is 5.75 Å². The molecular weight excluding hydrogens is 364 g/mol. The molecule has 150 valence electrons. The molecule has 0 unspecified atom stereocenters. The highest BCUT2D eigenvalue weighted by molar-refractivity contribution is 5.97. The predicted molar refractivity (Wildman–Crippen MR) is 101 cm³/mol. The summed E-state index contributed by atoms with van der Waals surface area (Å²) < 4.78 is 10.4. The minimum atomic E-state index is -1.10. The van der Waals surface area contributed by atoms with Crippen molar-refractivity contribution >= 4 is 28.9 Å². The Morgan fingerprint density at radius 2 is 2.00 bits per heavy atom. The fraction of sp³-hybridized carbons (Fsp3) is 0.450. The van der Waals surface area contributed by atoms with E-state index >= 15 is 0 Å². The molecule has 0 bridgehead atoms. The van der Waals surface area contributed by atoms with Gasteiger partial charge in [-0.2, -0.15) is 0 Å². The van der Waals surface area contributed by atoms with E-state index in [-0.39, 0.29) is 18.2 Å². The zero-order valence-electron chi connectivity index (χ0n) is 15.7. The number of furan rings is 1. The third-order valence-electron chi connectivity index (χ3n) is 4.83. The van der Waals surface area contributed by atoms with Crippen LogP contribution in [-0.2, 0) is 20.7 Å². The molecule has 1 fully saturated rings. The van der Waals surface area contributed by atoms with Crippen molar-refractivity contribution in [1.82, 2.24) is 10.6 Å². The van der Waals surface area contributed by atoms with Crippen LogP contribution >= 0.6 is 0 Å². The topological polar surface area (TPSA) is 118 Å². The van der Waals surface area contributed by atoms with Gasteiger partial charge in [-0.3, -0.25) is 14.9 Å². The number of aromatic hydroxyl groups is 1. The molecule has 1 saturated carbocycles. The van der Waals surface area contributed by atoms with Crippen molar-refractivity contribution in [2.45, 2.75) is 57.6 Å². The number of carbonyl (C=O) groups excluding carboxylic acids is 3. The van der Waals surface area contributed by atoms with E-state index in [0.717, 1.165) is 25.7 Å². The van der Waals surface area contributed by atoms with E-state index in [9.17, 15) is 19.5 Å². The number of phenolic OH excluding ortho intramolecular Hbond substituents is 1. The van der Waals surface area contributed by atoms with Crippen LogP contribution in [-0.4, -0.2) is 35.2 Å². The molecule has 1 aliphatic carbocycles. The number of benzene rings is 1. The van der Waals surface area contributed by atoms with E-state index in [0.29, 0.717) is 16.5 Å². The van der Waals surface area contributed by atoms with E-state index < -0.39 is 24.0 Å². The van der Waals surface area contributed by atoms with Gasteiger partial charge in [0.1, 0.15) is 11.3 Å². The molecule has 8 nitrogen and oxygen atoms in total. The smallest absolute Gasteiger partial charge is 0.321 e. The summed E-state index contributed by atoms with van der Waals surface area (Å²) in [6, 6.07) is 4.09. The van der Waals surface area contributed by atoms with Crippen LogP contribution < -0.4 is 10.6 Å². The molecule has 0 saturated heterocycles. The van der Waals surface area contributed by atoms with Crippen molar-refractivity contribution in [3.8, 4) is 5.75 Å². The zero-order chi connectivity index (χ0) is 20.1. The molecule has 3 amide bonds. The molecule has 28 heavy (non-hydrogen) atoms. The van der Waals surface area contributed by atoms with Crippen molar-refractivity contribution in [2.24, 2.45) is 0 Å². The Morgan fingerprint density at radius 3 is 2.75 bits per heavy atom. The number of ether oxygens (including phenoxy) is 1. The van der Waals surface area contributed by atoms with E-state index in [1.165, 1.54) is 31.7 Å². The number of rotatable bonds is 5. The van der Waals surface area contributed by atoms with Crippen LogP contribution in [0.15, 0.2) is 28.9 Å². The Hall–Kier alpha value is -3.03. The molecule has 0 radical (unpaired) electrons. The maximum Gasteiger partial charge on any atom is 0.321 e. The van der Waals surface area contributed by atoms with Gasteiger partial charge in [0.05, 0.1) is 12.7 Å². The van der Waals surface area contributed by atoms with Crippen molar-refractivity contribution in [1.29, 1.82) is 0 Å². The molecule has 1 heterocycles. The second kappa shape index (κ2) is 8.77. The number of carbonyl (C=O) groups is 3. The van der Waals surface area contributed by atoms with E-state index in [1.54, 1.807) is 6.07 Å². The molecule has 0 spiro atoms. The summed E-state index contributed by atoms with van der Waals surface area (Å²) in [7, 11) is 0. The van der Waals surface area contributed by atoms with Gasteiger partial charge in [0, 0.05) is 23.1 Å². The van der Waals surface area contributed by atoms with Crippen molar-refractivity contribution in [3.63, 3.8) is 0 Å². The zero-order valence-corrected chi connectivity index (χ0v) is 15.7. The SMILES string of the molecule is C[C@H](OC(=O)Cc1coc2cc(O)ccc12)C(=O)NC(=O)NC1CCCCC1. The average molecular weight is 388 g/mol. The quantitative estimate of drug-likeness (QED) is 0.678. The monoisotopic (exact) mass is 388 g/mol. The predicted octanol–water partition coefficient (Wildman–Crippen LogP) is 2.77. The Kier molecular flexibility index (Phi) is 6.18. The number of imide groups is 1. The maximum absolute atomic E-state index is 12.1. The molecular formula is C20H24N2O6. The van der Waals surface area contributed by atoms with Crippen LogP contribution in [0.25, 0.3) is 11.0 Å². The van der Waals surface area contributed by atoms with Gasteiger partial charge in [-0.15, -0.1) is 0 Å². The maximum atomic E-state index is 12.1. The first-order valence-corrected chi connectivity index (χ1v) is 9.42. The van der Waals surface area contributed by atoms with Crippen molar-refractivity contribution in [3.05, 3.63) is 30.0 Å². The van der Waals surface area contributed by atoms with Gasteiger partial charge in [-0.1, -0.05) is 19.3 Å².